The van der Waals surface area contributed by atoms with Crippen LogP contribution < -0.4 is 5.32 Å². The fourth-order valence-corrected chi connectivity index (χ4v) is 2.06. The Kier molecular flexibility index (Phi) is 4.32. The van der Waals surface area contributed by atoms with Gasteiger partial charge in [-0.1, -0.05) is 6.07 Å². The molecule has 2 rings (SSSR count). The molecular formula is C12H15BrFNO. The standard InChI is InChI=1S/C12H15BrFNO/c13-11-2-1-9(5-12(11)14)6-15-7-10-3-4-16-8-10/h1-2,5,10,15H,3-4,6-8H2. The second kappa shape index (κ2) is 5.75. The van der Waals surface area contributed by atoms with Gasteiger partial charge in [-0.3, -0.25) is 0 Å². The smallest absolute Gasteiger partial charge is 0.137 e. The first kappa shape index (κ1) is 12.0. The topological polar surface area (TPSA) is 21.3 Å². The van der Waals surface area contributed by atoms with E-state index < -0.39 is 0 Å². The van der Waals surface area contributed by atoms with E-state index in [2.05, 4.69) is 21.2 Å². The number of hydrogen-bond donors (Lipinski definition) is 1. The van der Waals surface area contributed by atoms with Crippen LogP contribution in [0.4, 0.5) is 4.39 Å². The molecule has 1 saturated heterocycles. The maximum absolute atomic E-state index is 13.2. The van der Waals surface area contributed by atoms with Gasteiger partial charge < -0.3 is 10.1 Å². The SMILES string of the molecule is Fc1cc(CNCC2CCOC2)ccc1Br. The average molecular weight is 288 g/mol. The van der Waals surface area contributed by atoms with E-state index in [0.29, 0.717) is 16.9 Å². The summed E-state index contributed by atoms with van der Waals surface area (Å²) < 4.78 is 19.0. The molecule has 2 nitrogen and oxygen atoms in total. The Morgan fingerprint density at radius 1 is 1.50 bits per heavy atom. The molecule has 1 aliphatic rings. The first-order chi connectivity index (χ1) is 7.75. The van der Waals surface area contributed by atoms with Crippen molar-refractivity contribution >= 4 is 15.9 Å². The van der Waals surface area contributed by atoms with Crippen LogP contribution in [0.1, 0.15) is 12.0 Å². The van der Waals surface area contributed by atoms with Crippen molar-refractivity contribution in [2.75, 3.05) is 19.8 Å². The monoisotopic (exact) mass is 287 g/mol. The van der Waals surface area contributed by atoms with Gasteiger partial charge >= 0.3 is 0 Å². The maximum Gasteiger partial charge on any atom is 0.137 e. The van der Waals surface area contributed by atoms with Crippen LogP contribution in [0.25, 0.3) is 0 Å². The first-order valence-corrected chi connectivity index (χ1v) is 6.27. The molecule has 1 heterocycles. The van der Waals surface area contributed by atoms with Crippen LogP contribution in [0.2, 0.25) is 0 Å². The normalized spacial score (nSPS) is 20.2. The lowest BCUT2D eigenvalue weighted by molar-refractivity contribution is 0.185. The molecule has 1 atom stereocenters. The van der Waals surface area contributed by atoms with E-state index in [1.165, 1.54) is 0 Å². The number of hydrogen-bond acceptors (Lipinski definition) is 2. The lowest BCUT2D eigenvalue weighted by Gasteiger charge is -2.09. The summed E-state index contributed by atoms with van der Waals surface area (Å²) in [5.74, 6) is 0.406. The molecular weight excluding hydrogens is 273 g/mol. The molecule has 1 fully saturated rings. The highest BCUT2D eigenvalue weighted by molar-refractivity contribution is 9.10. The Labute approximate surface area is 103 Å². The van der Waals surface area contributed by atoms with Crippen LogP contribution in [0.5, 0.6) is 0 Å². The van der Waals surface area contributed by atoms with Gasteiger partial charge in [-0.25, -0.2) is 4.39 Å². The Balaban J connectivity index is 1.78. The minimum atomic E-state index is -0.205. The van der Waals surface area contributed by atoms with Crippen LogP contribution in [-0.2, 0) is 11.3 Å². The van der Waals surface area contributed by atoms with Crippen molar-refractivity contribution in [2.24, 2.45) is 5.92 Å². The molecule has 0 saturated carbocycles. The predicted octanol–water partition coefficient (Wildman–Crippen LogP) is 2.71. The summed E-state index contributed by atoms with van der Waals surface area (Å²) in [7, 11) is 0. The van der Waals surface area contributed by atoms with Crippen LogP contribution in [0.15, 0.2) is 22.7 Å². The van der Waals surface area contributed by atoms with Gasteiger partial charge in [0.2, 0.25) is 0 Å². The molecule has 1 aliphatic heterocycles. The highest BCUT2D eigenvalue weighted by atomic mass is 79.9. The van der Waals surface area contributed by atoms with Gasteiger partial charge in [-0.2, -0.15) is 0 Å². The van der Waals surface area contributed by atoms with E-state index >= 15 is 0 Å². The lowest BCUT2D eigenvalue weighted by Crippen LogP contribution is -2.22. The molecule has 0 spiro atoms. The number of benzene rings is 1. The molecule has 1 unspecified atom stereocenters. The number of nitrogens with one attached hydrogen (secondary N) is 1. The first-order valence-electron chi connectivity index (χ1n) is 5.48. The largest absolute Gasteiger partial charge is 0.381 e. The Morgan fingerprint density at radius 3 is 3.06 bits per heavy atom. The van der Waals surface area contributed by atoms with Crippen molar-refractivity contribution in [1.82, 2.24) is 5.32 Å². The fraction of sp³-hybridized carbons (Fsp3) is 0.500. The third-order valence-corrected chi connectivity index (χ3v) is 3.41. The summed E-state index contributed by atoms with van der Waals surface area (Å²) >= 11 is 3.14. The predicted molar refractivity (Wildman–Crippen MR) is 64.7 cm³/mol. The molecule has 88 valence electrons. The molecule has 0 aromatic heterocycles. The van der Waals surface area contributed by atoms with Crippen molar-refractivity contribution in [1.29, 1.82) is 0 Å². The Bertz CT molecular complexity index is 353. The second-order valence-electron chi connectivity index (χ2n) is 4.11. The van der Waals surface area contributed by atoms with Gasteiger partial charge in [0.05, 0.1) is 11.1 Å². The third kappa shape index (κ3) is 3.27. The summed E-state index contributed by atoms with van der Waals surface area (Å²) in [5, 5.41) is 3.33. The Hall–Kier alpha value is -0.450. The van der Waals surface area contributed by atoms with Gasteiger partial charge in [-0.15, -0.1) is 0 Å². The third-order valence-electron chi connectivity index (χ3n) is 2.77. The van der Waals surface area contributed by atoms with Crippen LogP contribution in [0, 0.1) is 11.7 Å². The molecule has 1 N–H and O–H groups in total. The summed E-state index contributed by atoms with van der Waals surface area (Å²) in [6, 6.07) is 5.22. The van der Waals surface area contributed by atoms with Crippen LogP contribution >= 0.6 is 15.9 Å². The van der Waals surface area contributed by atoms with E-state index in [1.54, 1.807) is 12.1 Å². The molecule has 4 heteroatoms. The molecule has 1 aromatic carbocycles. The van der Waals surface area contributed by atoms with E-state index in [0.717, 1.165) is 31.7 Å². The van der Waals surface area contributed by atoms with Crippen LogP contribution in [0.3, 0.4) is 0 Å². The molecule has 0 amide bonds. The zero-order valence-corrected chi connectivity index (χ0v) is 10.6. The minimum absolute atomic E-state index is 0.205. The number of rotatable bonds is 4. The lowest BCUT2D eigenvalue weighted by atomic mass is 10.1. The van der Waals surface area contributed by atoms with Gasteiger partial charge in [0.15, 0.2) is 0 Å². The van der Waals surface area contributed by atoms with Crippen molar-refractivity contribution in [3.8, 4) is 0 Å². The highest BCUT2D eigenvalue weighted by Crippen LogP contribution is 2.16. The molecule has 1 aromatic rings. The Morgan fingerprint density at radius 2 is 2.38 bits per heavy atom. The molecule has 16 heavy (non-hydrogen) atoms. The quantitative estimate of drug-likeness (QED) is 0.919. The summed E-state index contributed by atoms with van der Waals surface area (Å²) in [4.78, 5) is 0. The molecule has 0 aliphatic carbocycles. The van der Waals surface area contributed by atoms with Gasteiger partial charge in [0.25, 0.3) is 0 Å². The number of ether oxygens (including phenoxy) is 1. The van der Waals surface area contributed by atoms with E-state index in [1.807, 2.05) is 6.07 Å². The fourth-order valence-electron chi connectivity index (χ4n) is 1.81. The minimum Gasteiger partial charge on any atom is -0.381 e. The zero-order chi connectivity index (χ0) is 11.4. The molecule has 0 bridgehead atoms. The maximum atomic E-state index is 13.2. The van der Waals surface area contributed by atoms with Crippen molar-refractivity contribution in [3.05, 3.63) is 34.1 Å². The van der Waals surface area contributed by atoms with Crippen molar-refractivity contribution in [2.45, 2.75) is 13.0 Å². The van der Waals surface area contributed by atoms with Crippen molar-refractivity contribution < 1.29 is 9.13 Å². The summed E-state index contributed by atoms with van der Waals surface area (Å²) in [6.07, 6.45) is 1.13. The van der Waals surface area contributed by atoms with Gasteiger partial charge in [0.1, 0.15) is 5.82 Å². The molecule has 0 radical (unpaired) electrons. The average Bonchev–Trinajstić information content (AvgIpc) is 2.76. The summed E-state index contributed by atoms with van der Waals surface area (Å²) in [6.45, 7) is 3.37. The summed E-state index contributed by atoms with van der Waals surface area (Å²) in [5.41, 5.74) is 0.972. The highest BCUT2D eigenvalue weighted by Gasteiger charge is 2.14. The zero-order valence-electron chi connectivity index (χ0n) is 9.01. The van der Waals surface area contributed by atoms with Crippen molar-refractivity contribution in [3.63, 3.8) is 0 Å². The van der Waals surface area contributed by atoms with Gasteiger partial charge in [-0.05, 0) is 46.0 Å². The van der Waals surface area contributed by atoms with E-state index in [4.69, 9.17) is 4.74 Å². The number of halogens is 2. The van der Waals surface area contributed by atoms with E-state index in [9.17, 15) is 4.39 Å². The van der Waals surface area contributed by atoms with E-state index in [-0.39, 0.29) is 5.82 Å². The van der Waals surface area contributed by atoms with Crippen LogP contribution in [-0.4, -0.2) is 19.8 Å². The van der Waals surface area contributed by atoms with Gasteiger partial charge in [0, 0.05) is 19.7 Å². The second-order valence-corrected chi connectivity index (χ2v) is 4.96.